The first kappa shape index (κ1) is 12.6. The molecule has 0 spiro atoms. The van der Waals surface area contributed by atoms with Gasteiger partial charge in [-0.3, -0.25) is 9.48 Å². The number of aromatic nitrogens is 2. The molecule has 6 heteroatoms. The minimum absolute atomic E-state index is 0.260. The van der Waals surface area contributed by atoms with Crippen molar-refractivity contribution in [1.29, 1.82) is 5.26 Å². The molecule has 0 aliphatic carbocycles. The lowest BCUT2D eigenvalue weighted by Gasteiger charge is -2.28. The molecule has 0 bridgehead atoms. The van der Waals surface area contributed by atoms with Crippen molar-refractivity contribution in [3.05, 3.63) is 12.4 Å². The van der Waals surface area contributed by atoms with Crippen molar-refractivity contribution in [2.24, 2.45) is 5.41 Å². The van der Waals surface area contributed by atoms with Gasteiger partial charge in [-0.25, -0.2) is 0 Å². The van der Waals surface area contributed by atoms with E-state index in [0.29, 0.717) is 31.7 Å². The predicted octanol–water partition coefficient (Wildman–Crippen LogP) is 1.16. The third-order valence-corrected chi connectivity index (χ3v) is 3.21. The molecule has 6 nitrogen and oxygen atoms in total. The summed E-state index contributed by atoms with van der Waals surface area (Å²) in [5.41, 5.74) is -0.338. The van der Waals surface area contributed by atoms with E-state index in [9.17, 15) is 10.1 Å². The van der Waals surface area contributed by atoms with Crippen LogP contribution in [-0.2, 0) is 16.1 Å². The van der Waals surface area contributed by atoms with Crippen LogP contribution in [0.2, 0.25) is 0 Å². The molecule has 1 N–H and O–H groups in total. The van der Waals surface area contributed by atoms with Gasteiger partial charge in [0.1, 0.15) is 5.41 Å². The fourth-order valence-electron chi connectivity index (χ4n) is 1.96. The molecule has 1 aromatic heterocycles. The van der Waals surface area contributed by atoms with Crippen molar-refractivity contribution in [3.8, 4) is 6.07 Å². The number of rotatable bonds is 3. The van der Waals surface area contributed by atoms with Crippen LogP contribution in [0.1, 0.15) is 19.8 Å². The average Bonchev–Trinajstić information content (AvgIpc) is 2.87. The standard InChI is InChI=1S/C12H16N4O2/c1-2-16-8-10(7-14-16)15-11(17)12(9-13)3-5-18-6-4-12/h7-8H,2-6H2,1H3,(H,15,17). The van der Waals surface area contributed by atoms with E-state index in [1.54, 1.807) is 17.1 Å². The normalized spacial score (nSPS) is 18.0. The lowest BCUT2D eigenvalue weighted by molar-refractivity contribution is -0.126. The lowest BCUT2D eigenvalue weighted by atomic mass is 9.81. The highest BCUT2D eigenvalue weighted by atomic mass is 16.5. The fraction of sp³-hybridized carbons (Fsp3) is 0.583. The number of amides is 1. The molecule has 0 saturated carbocycles. The molecular weight excluding hydrogens is 232 g/mol. The van der Waals surface area contributed by atoms with Crippen LogP contribution >= 0.6 is 0 Å². The van der Waals surface area contributed by atoms with E-state index in [1.165, 1.54) is 0 Å². The number of ether oxygens (including phenoxy) is 1. The molecule has 0 aromatic carbocycles. The highest BCUT2D eigenvalue weighted by Gasteiger charge is 2.40. The Kier molecular flexibility index (Phi) is 3.63. The quantitative estimate of drug-likeness (QED) is 0.870. The van der Waals surface area contributed by atoms with Gasteiger partial charge in [-0.2, -0.15) is 10.4 Å². The van der Waals surface area contributed by atoms with Gasteiger partial charge >= 0.3 is 0 Å². The second-order valence-corrected chi connectivity index (χ2v) is 4.35. The zero-order valence-electron chi connectivity index (χ0n) is 10.3. The third-order valence-electron chi connectivity index (χ3n) is 3.21. The molecule has 0 radical (unpaired) electrons. The van der Waals surface area contributed by atoms with Gasteiger partial charge in [-0.1, -0.05) is 0 Å². The zero-order valence-corrected chi connectivity index (χ0v) is 10.3. The molecule has 2 rings (SSSR count). The van der Waals surface area contributed by atoms with Gasteiger partial charge in [0.15, 0.2) is 0 Å². The molecule has 0 atom stereocenters. The minimum atomic E-state index is -0.966. The number of hydrogen-bond donors (Lipinski definition) is 1. The minimum Gasteiger partial charge on any atom is -0.381 e. The number of nitrogens with zero attached hydrogens (tertiary/aromatic N) is 3. The predicted molar refractivity (Wildman–Crippen MR) is 64.6 cm³/mol. The number of carbonyl (C=O) groups excluding carboxylic acids is 1. The second-order valence-electron chi connectivity index (χ2n) is 4.35. The van der Waals surface area contributed by atoms with Crippen LogP contribution in [0, 0.1) is 16.7 Å². The number of nitrogens with one attached hydrogen (secondary N) is 1. The van der Waals surface area contributed by atoms with E-state index in [0.717, 1.165) is 6.54 Å². The molecular formula is C12H16N4O2. The van der Waals surface area contributed by atoms with E-state index in [1.807, 2.05) is 6.92 Å². The summed E-state index contributed by atoms with van der Waals surface area (Å²) >= 11 is 0. The second kappa shape index (κ2) is 5.19. The monoisotopic (exact) mass is 248 g/mol. The Hall–Kier alpha value is -1.87. The molecule has 1 aliphatic rings. The highest BCUT2D eigenvalue weighted by Crippen LogP contribution is 2.31. The first-order valence-corrected chi connectivity index (χ1v) is 6.03. The Labute approximate surface area is 106 Å². The van der Waals surface area contributed by atoms with E-state index < -0.39 is 5.41 Å². The zero-order chi connectivity index (χ0) is 13.0. The van der Waals surface area contributed by atoms with Crippen molar-refractivity contribution in [2.75, 3.05) is 18.5 Å². The van der Waals surface area contributed by atoms with Crippen LogP contribution in [0.25, 0.3) is 0 Å². The molecule has 18 heavy (non-hydrogen) atoms. The number of hydrogen-bond acceptors (Lipinski definition) is 4. The fourth-order valence-corrected chi connectivity index (χ4v) is 1.96. The van der Waals surface area contributed by atoms with Crippen LogP contribution in [-0.4, -0.2) is 28.9 Å². The summed E-state index contributed by atoms with van der Waals surface area (Å²) < 4.78 is 6.92. The summed E-state index contributed by atoms with van der Waals surface area (Å²) in [6.45, 7) is 3.62. The molecule has 1 amide bonds. The van der Waals surface area contributed by atoms with Gasteiger partial charge in [-0.15, -0.1) is 0 Å². The topological polar surface area (TPSA) is 79.9 Å². The molecule has 1 aliphatic heterocycles. The van der Waals surface area contributed by atoms with Gasteiger partial charge in [0.25, 0.3) is 0 Å². The van der Waals surface area contributed by atoms with Crippen molar-refractivity contribution >= 4 is 11.6 Å². The Morgan fingerprint density at radius 1 is 1.67 bits per heavy atom. The summed E-state index contributed by atoms with van der Waals surface area (Å²) in [7, 11) is 0. The van der Waals surface area contributed by atoms with Crippen LogP contribution < -0.4 is 5.32 Å². The summed E-state index contributed by atoms with van der Waals surface area (Å²) in [6, 6.07) is 2.14. The van der Waals surface area contributed by atoms with E-state index in [-0.39, 0.29) is 5.91 Å². The summed E-state index contributed by atoms with van der Waals surface area (Å²) in [5, 5.41) is 16.1. The third kappa shape index (κ3) is 2.36. The summed E-state index contributed by atoms with van der Waals surface area (Å²) in [6.07, 6.45) is 4.22. The first-order valence-electron chi connectivity index (χ1n) is 6.03. The van der Waals surface area contributed by atoms with Gasteiger partial charge < -0.3 is 10.1 Å². The Morgan fingerprint density at radius 3 is 2.94 bits per heavy atom. The van der Waals surface area contributed by atoms with Gasteiger partial charge in [0, 0.05) is 26.0 Å². The maximum Gasteiger partial charge on any atom is 0.245 e. The number of carbonyl (C=O) groups is 1. The van der Waals surface area contributed by atoms with Crippen LogP contribution in [0.15, 0.2) is 12.4 Å². The molecule has 0 unspecified atom stereocenters. The maximum absolute atomic E-state index is 12.2. The van der Waals surface area contributed by atoms with Gasteiger partial charge in [0.2, 0.25) is 5.91 Å². The maximum atomic E-state index is 12.2. The average molecular weight is 248 g/mol. The van der Waals surface area contributed by atoms with Crippen LogP contribution in [0.4, 0.5) is 5.69 Å². The van der Waals surface area contributed by atoms with Gasteiger partial charge in [0.05, 0.1) is 18.0 Å². The Morgan fingerprint density at radius 2 is 2.39 bits per heavy atom. The smallest absolute Gasteiger partial charge is 0.245 e. The van der Waals surface area contributed by atoms with Crippen molar-refractivity contribution < 1.29 is 9.53 Å². The van der Waals surface area contributed by atoms with Crippen molar-refractivity contribution in [2.45, 2.75) is 26.3 Å². The molecule has 1 aromatic rings. The van der Waals surface area contributed by atoms with Crippen molar-refractivity contribution in [3.63, 3.8) is 0 Å². The lowest BCUT2D eigenvalue weighted by Crippen LogP contribution is -2.39. The molecule has 1 fully saturated rings. The summed E-state index contributed by atoms with van der Waals surface area (Å²) in [4.78, 5) is 12.2. The molecule has 1 saturated heterocycles. The highest BCUT2D eigenvalue weighted by molar-refractivity contribution is 5.97. The van der Waals surface area contributed by atoms with Crippen LogP contribution in [0.3, 0.4) is 0 Å². The van der Waals surface area contributed by atoms with Crippen molar-refractivity contribution in [1.82, 2.24) is 9.78 Å². The van der Waals surface area contributed by atoms with E-state index >= 15 is 0 Å². The van der Waals surface area contributed by atoms with E-state index in [2.05, 4.69) is 16.5 Å². The number of anilines is 1. The van der Waals surface area contributed by atoms with E-state index in [4.69, 9.17) is 4.74 Å². The van der Waals surface area contributed by atoms with Gasteiger partial charge in [-0.05, 0) is 19.8 Å². The molecule has 2 heterocycles. The summed E-state index contributed by atoms with van der Waals surface area (Å²) in [5.74, 6) is -0.260. The molecule has 96 valence electrons. The Bertz CT molecular complexity index is 469. The largest absolute Gasteiger partial charge is 0.381 e. The number of aryl methyl sites for hydroxylation is 1. The van der Waals surface area contributed by atoms with Crippen LogP contribution in [0.5, 0.6) is 0 Å². The first-order chi connectivity index (χ1) is 8.70. The SMILES string of the molecule is CCn1cc(NC(=O)C2(C#N)CCOCC2)cn1. The number of nitriles is 1. The Balaban J connectivity index is 2.08.